The molecule has 2 aromatic rings. The normalized spacial score (nSPS) is 10.4. The third-order valence-corrected chi connectivity index (χ3v) is 3.59. The van der Waals surface area contributed by atoms with Crippen LogP contribution in [-0.2, 0) is 9.53 Å². The first kappa shape index (κ1) is 16.7. The smallest absolute Gasteiger partial charge is 0.305 e. The van der Waals surface area contributed by atoms with Gasteiger partial charge in [0.05, 0.1) is 29.7 Å². The summed E-state index contributed by atoms with van der Waals surface area (Å²) < 4.78 is 6.33. The van der Waals surface area contributed by atoms with E-state index in [-0.39, 0.29) is 18.3 Å². The molecule has 0 radical (unpaired) electrons. The van der Waals surface area contributed by atoms with Crippen LogP contribution in [0.4, 0.5) is 0 Å². The van der Waals surface area contributed by atoms with Crippen LogP contribution in [0, 0.1) is 13.8 Å². The number of nitrogens with one attached hydrogen (secondary N) is 1. The molecular formula is C17H21N3O3. The number of para-hydroxylation sites is 1. The zero-order chi connectivity index (χ0) is 16.8. The molecule has 1 aromatic carbocycles. The predicted octanol–water partition coefficient (Wildman–Crippen LogP) is 2.17. The van der Waals surface area contributed by atoms with Crippen LogP contribution in [0.15, 0.2) is 30.3 Å². The minimum absolute atomic E-state index is 0.174. The van der Waals surface area contributed by atoms with Crippen LogP contribution in [0.3, 0.4) is 0 Å². The number of methoxy groups -OCH3 is 1. The van der Waals surface area contributed by atoms with Crippen molar-refractivity contribution in [1.82, 2.24) is 15.1 Å². The first-order valence-electron chi connectivity index (χ1n) is 7.51. The van der Waals surface area contributed by atoms with Gasteiger partial charge < -0.3 is 10.1 Å². The SMILES string of the molecule is COC(=O)CCCNC(=O)c1c(C)nn(-c2ccccc2)c1C. The molecule has 122 valence electrons. The minimum Gasteiger partial charge on any atom is -0.469 e. The summed E-state index contributed by atoms with van der Waals surface area (Å²) in [6, 6.07) is 9.68. The van der Waals surface area contributed by atoms with E-state index in [0.29, 0.717) is 24.2 Å². The second kappa shape index (κ2) is 7.58. The highest BCUT2D eigenvalue weighted by atomic mass is 16.5. The molecule has 23 heavy (non-hydrogen) atoms. The van der Waals surface area contributed by atoms with Crippen LogP contribution < -0.4 is 5.32 Å². The molecule has 0 unspecified atom stereocenters. The van der Waals surface area contributed by atoms with Crippen LogP contribution in [0.25, 0.3) is 5.69 Å². The minimum atomic E-state index is -0.275. The van der Waals surface area contributed by atoms with Gasteiger partial charge in [-0.25, -0.2) is 4.68 Å². The number of ether oxygens (including phenoxy) is 1. The Labute approximate surface area is 135 Å². The van der Waals surface area contributed by atoms with E-state index in [1.807, 2.05) is 44.2 Å². The molecule has 6 nitrogen and oxygen atoms in total. The maximum absolute atomic E-state index is 12.4. The molecule has 1 heterocycles. The number of hydrogen-bond donors (Lipinski definition) is 1. The van der Waals surface area contributed by atoms with E-state index in [0.717, 1.165) is 11.4 Å². The molecule has 0 saturated heterocycles. The van der Waals surface area contributed by atoms with E-state index in [9.17, 15) is 9.59 Å². The molecule has 0 atom stereocenters. The van der Waals surface area contributed by atoms with E-state index < -0.39 is 0 Å². The zero-order valence-corrected chi connectivity index (χ0v) is 13.6. The molecule has 0 spiro atoms. The average Bonchev–Trinajstić information content (AvgIpc) is 2.86. The fourth-order valence-corrected chi connectivity index (χ4v) is 2.42. The number of benzene rings is 1. The molecule has 0 aliphatic rings. The van der Waals surface area contributed by atoms with Crippen molar-refractivity contribution in [3.63, 3.8) is 0 Å². The molecule has 0 fully saturated rings. The summed E-state index contributed by atoms with van der Waals surface area (Å²) in [6.07, 6.45) is 0.835. The Morgan fingerprint density at radius 1 is 1.22 bits per heavy atom. The maximum atomic E-state index is 12.4. The lowest BCUT2D eigenvalue weighted by molar-refractivity contribution is -0.140. The highest BCUT2D eigenvalue weighted by Gasteiger charge is 2.19. The molecule has 1 aromatic heterocycles. The Morgan fingerprint density at radius 2 is 1.91 bits per heavy atom. The Bertz CT molecular complexity index is 693. The van der Waals surface area contributed by atoms with Crippen molar-refractivity contribution in [3.05, 3.63) is 47.3 Å². The largest absolute Gasteiger partial charge is 0.469 e. The lowest BCUT2D eigenvalue weighted by Gasteiger charge is -2.06. The summed E-state index contributed by atoms with van der Waals surface area (Å²) in [6.45, 7) is 4.11. The van der Waals surface area contributed by atoms with Crippen LogP contribution in [0.2, 0.25) is 0 Å². The fourth-order valence-electron chi connectivity index (χ4n) is 2.42. The highest BCUT2D eigenvalue weighted by molar-refractivity contribution is 5.96. The number of amides is 1. The van der Waals surface area contributed by atoms with Crippen molar-refractivity contribution < 1.29 is 14.3 Å². The fraction of sp³-hybridized carbons (Fsp3) is 0.353. The zero-order valence-electron chi connectivity index (χ0n) is 13.6. The van der Waals surface area contributed by atoms with Gasteiger partial charge in [0.25, 0.3) is 5.91 Å². The van der Waals surface area contributed by atoms with Crippen LogP contribution in [0.5, 0.6) is 0 Å². The van der Waals surface area contributed by atoms with Crippen LogP contribution in [0.1, 0.15) is 34.6 Å². The van der Waals surface area contributed by atoms with Crippen molar-refractivity contribution >= 4 is 11.9 Å². The van der Waals surface area contributed by atoms with Crippen LogP contribution >= 0.6 is 0 Å². The van der Waals surface area contributed by atoms with Crippen molar-refractivity contribution in [3.8, 4) is 5.69 Å². The second-order valence-corrected chi connectivity index (χ2v) is 5.23. The van der Waals surface area contributed by atoms with Crippen molar-refractivity contribution in [2.24, 2.45) is 0 Å². The summed E-state index contributed by atoms with van der Waals surface area (Å²) in [7, 11) is 1.35. The molecule has 1 N–H and O–H groups in total. The Hall–Kier alpha value is -2.63. The van der Waals surface area contributed by atoms with Gasteiger partial charge in [0.2, 0.25) is 0 Å². The molecule has 6 heteroatoms. The monoisotopic (exact) mass is 315 g/mol. The molecule has 1 amide bonds. The number of aryl methyl sites for hydroxylation is 1. The maximum Gasteiger partial charge on any atom is 0.305 e. The van der Waals surface area contributed by atoms with E-state index in [1.165, 1.54) is 7.11 Å². The first-order chi connectivity index (χ1) is 11.0. The third-order valence-electron chi connectivity index (χ3n) is 3.59. The summed E-state index contributed by atoms with van der Waals surface area (Å²) in [5, 5.41) is 7.28. The summed E-state index contributed by atoms with van der Waals surface area (Å²) >= 11 is 0. The van der Waals surface area contributed by atoms with Gasteiger partial charge in [0.15, 0.2) is 0 Å². The molecule has 0 aliphatic carbocycles. The number of aromatic nitrogens is 2. The molecule has 0 saturated carbocycles. The van der Waals surface area contributed by atoms with E-state index in [1.54, 1.807) is 4.68 Å². The highest BCUT2D eigenvalue weighted by Crippen LogP contribution is 2.17. The average molecular weight is 315 g/mol. The second-order valence-electron chi connectivity index (χ2n) is 5.23. The molecular weight excluding hydrogens is 294 g/mol. The van der Waals surface area contributed by atoms with Gasteiger partial charge in [-0.3, -0.25) is 9.59 Å². The lowest BCUT2D eigenvalue weighted by Crippen LogP contribution is -2.26. The van der Waals surface area contributed by atoms with Gasteiger partial charge in [-0.2, -0.15) is 5.10 Å². The number of carbonyl (C=O) groups excluding carboxylic acids is 2. The molecule has 0 bridgehead atoms. The van der Waals surface area contributed by atoms with Gasteiger partial charge >= 0.3 is 5.97 Å². The standard InChI is InChI=1S/C17H21N3O3/c1-12-16(17(22)18-11-7-10-15(21)23-3)13(2)20(19-12)14-8-5-4-6-9-14/h4-6,8-9H,7,10-11H2,1-3H3,(H,18,22). The summed E-state index contributed by atoms with van der Waals surface area (Å²) in [5.74, 6) is -0.449. The van der Waals surface area contributed by atoms with E-state index in [4.69, 9.17) is 0 Å². The number of hydrogen-bond acceptors (Lipinski definition) is 4. The first-order valence-corrected chi connectivity index (χ1v) is 7.51. The Morgan fingerprint density at radius 3 is 2.57 bits per heavy atom. The quantitative estimate of drug-likeness (QED) is 0.655. The van der Waals surface area contributed by atoms with Crippen LogP contribution in [-0.4, -0.2) is 35.3 Å². The van der Waals surface area contributed by atoms with E-state index >= 15 is 0 Å². The summed E-state index contributed by atoms with van der Waals surface area (Å²) in [4.78, 5) is 23.4. The number of esters is 1. The van der Waals surface area contributed by atoms with Crippen molar-refractivity contribution in [2.45, 2.75) is 26.7 Å². The molecule has 2 rings (SSSR count). The summed E-state index contributed by atoms with van der Waals surface area (Å²) in [5.41, 5.74) is 2.96. The van der Waals surface area contributed by atoms with Gasteiger partial charge in [-0.15, -0.1) is 0 Å². The molecule has 0 aliphatic heterocycles. The predicted molar refractivity (Wildman–Crippen MR) is 86.6 cm³/mol. The van der Waals surface area contributed by atoms with Crippen molar-refractivity contribution in [1.29, 1.82) is 0 Å². The topological polar surface area (TPSA) is 73.2 Å². The third kappa shape index (κ3) is 3.97. The Balaban J connectivity index is 2.07. The number of nitrogens with zero attached hydrogens (tertiary/aromatic N) is 2. The Kier molecular flexibility index (Phi) is 5.51. The van der Waals surface area contributed by atoms with Gasteiger partial charge in [-0.1, -0.05) is 18.2 Å². The number of rotatable bonds is 6. The lowest BCUT2D eigenvalue weighted by atomic mass is 10.1. The number of carbonyl (C=O) groups is 2. The van der Waals surface area contributed by atoms with E-state index in [2.05, 4.69) is 15.2 Å². The van der Waals surface area contributed by atoms with Gasteiger partial charge in [0, 0.05) is 13.0 Å². The van der Waals surface area contributed by atoms with Crippen molar-refractivity contribution in [2.75, 3.05) is 13.7 Å². The van der Waals surface area contributed by atoms with Gasteiger partial charge in [-0.05, 0) is 32.4 Å². The van der Waals surface area contributed by atoms with Gasteiger partial charge in [0.1, 0.15) is 0 Å².